The quantitative estimate of drug-likeness (QED) is 0.530. The van der Waals surface area contributed by atoms with Crippen molar-refractivity contribution >= 4 is 46.1 Å². The molecule has 2 aliphatic rings. The molecule has 9 heteroatoms. The fourth-order valence-electron chi connectivity index (χ4n) is 4.80. The maximum absolute atomic E-state index is 11.9. The van der Waals surface area contributed by atoms with Gasteiger partial charge in [0.2, 0.25) is 11.9 Å². The Hall–Kier alpha value is -3.65. The lowest BCUT2D eigenvalue weighted by atomic mass is 9.87. The first-order chi connectivity index (χ1) is 15.9. The SMILES string of the molecule is NC1=NC2(CCCCC2)N(c2ccc(-c3cc(C(=O)O)c4cc(Cl)ccc4n3)cc2)C(N)=N1. The predicted molar refractivity (Wildman–Crippen MR) is 131 cm³/mol. The van der Waals surface area contributed by atoms with Crippen LogP contribution in [0.2, 0.25) is 5.02 Å². The summed E-state index contributed by atoms with van der Waals surface area (Å²) in [6, 6.07) is 14.3. The van der Waals surface area contributed by atoms with Crippen molar-refractivity contribution in [2.75, 3.05) is 4.90 Å². The number of hydrogen-bond acceptors (Lipinski definition) is 7. The number of carboxylic acid groups (broad SMARTS) is 1. The van der Waals surface area contributed by atoms with E-state index in [1.54, 1.807) is 24.3 Å². The summed E-state index contributed by atoms with van der Waals surface area (Å²) in [5.41, 5.74) is 14.7. The molecule has 0 bridgehead atoms. The van der Waals surface area contributed by atoms with Gasteiger partial charge in [0.15, 0.2) is 0 Å². The van der Waals surface area contributed by atoms with Crippen LogP contribution in [0.1, 0.15) is 42.5 Å². The Labute approximate surface area is 195 Å². The topological polar surface area (TPSA) is 130 Å². The second-order valence-corrected chi connectivity index (χ2v) is 8.82. The Balaban J connectivity index is 1.55. The fraction of sp³-hybridized carbons (Fsp3) is 0.250. The molecule has 0 saturated heterocycles. The summed E-state index contributed by atoms with van der Waals surface area (Å²) >= 11 is 6.06. The normalized spacial score (nSPS) is 17.7. The summed E-state index contributed by atoms with van der Waals surface area (Å²) < 4.78 is 0. The van der Waals surface area contributed by atoms with Gasteiger partial charge in [-0.3, -0.25) is 4.90 Å². The standard InChI is InChI=1S/C24H23ClN6O2/c25-15-6-9-19-17(12-15)18(21(32)33)13-20(28-19)14-4-7-16(8-5-14)31-23(27)29-22(26)30-24(31)10-2-1-3-11-24/h4-9,12-13H,1-3,10-11H2,(H,32,33)(H4,26,27,29,30). The maximum Gasteiger partial charge on any atom is 0.336 e. The number of carboxylic acids is 1. The van der Waals surface area contributed by atoms with Gasteiger partial charge < -0.3 is 16.6 Å². The Bertz CT molecular complexity index is 1310. The Morgan fingerprint density at radius 2 is 1.76 bits per heavy atom. The second-order valence-electron chi connectivity index (χ2n) is 8.39. The van der Waals surface area contributed by atoms with E-state index in [0.717, 1.165) is 43.4 Å². The predicted octanol–water partition coefficient (Wildman–Crippen LogP) is 4.36. The molecule has 1 fully saturated rings. The van der Waals surface area contributed by atoms with Gasteiger partial charge >= 0.3 is 5.97 Å². The number of benzene rings is 2. The largest absolute Gasteiger partial charge is 0.478 e. The highest BCUT2D eigenvalue weighted by atomic mass is 35.5. The van der Waals surface area contributed by atoms with Gasteiger partial charge in [0.25, 0.3) is 0 Å². The van der Waals surface area contributed by atoms with Crippen LogP contribution < -0.4 is 16.4 Å². The van der Waals surface area contributed by atoms with E-state index in [1.807, 2.05) is 29.2 Å². The number of nitrogens with zero attached hydrogens (tertiary/aromatic N) is 4. The molecule has 0 amide bonds. The van der Waals surface area contributed by atoms with Crippen molar-refractivity contribution in [2.45, 2.75) is 37.8 Å². The number of rotatable bonds is 3. The van der Waals surface area contributed by atoms with Crippen LogP contribution in [-0.4, -0.2) is 33.6 Å². The molecule has 1 saturated carbocycles. The number of guanidine groups is 2. The number of anilines is 1. The molecular formula is C24H23ClN6O2. The summed E-state index contributed by atoms with van der Waals surface area (Å²) in [7, 11) is 0. The zero-order chi connectivity index (χ0) is 23.2. The zero-order valence-corrected chi connectivity index (χ0v) is 18.6. The summed E-state index contributed by atoms with van der Waals surface area (Å²) in [4.78, 5) is 27.4. The molecular weight excluding hydrogens is 440 g/mol. The van der Waals surface area contributed by atoms with Crippen LogP contribution in [0.3, 0.4) is 0 Å². The molecule has 5 N–H and O–H groups in total. The molecule has 168 valence electrons. The van der Waals surface area contributed by atoms with Gasteiger partial charge in [0, 0.05) is 21.7 Å². The summed E-state index contributed by atoms with van der Waals surface area (Å²) in [6.45, 7) is 0. The van der Waals surface area contributed by atoms with E-state index in [1.165, 1.54) is 0 Å². The molecule has 5 rings (SSSR count). The smallest absolute Gasteiger partial charge is 0.336 e. The lowest BCUT2D eigenvalue weighted by Gasteiger charge is -2.45. The first kappa shape index (κ1) is 21.2. The lowest BCUT2D eigenvalue weighted by molar-refractivity contribution is 0.0699. The maximum atomic E-state index is 11.9. The first-order valence-electron chi connectivity index (χ1n) is 10.8. The number of halogens is 1. The average molecular weight is 463 g/mol. The number of aromatic carboxylic acids is 1. The lowest BCUT2D eigenvalue weighted by Crippen LogP contribution is -2.58. The number of carbonyl (C=O) groups is 1. The van der Waals surface area contributed by atoms with E-state index >= 15 is 0 Å². The molecule has 1 aliphatic heterocycles. The van der Waals surface area contributed by atoms with Gasteiger partial charge in [0.05, 0.1) is 16.8 Å². The van der Waals surface area contributed by atoms with Crippen molar-refractivity contribution in [1.82, 2.24) is 4.98 Å². The van der Waals surface area contributed by atoms with Gasteiger partial charge in [-0.25, -0.2) is 14.8 Å². The molecule has 33 heavy (non-hydrogen) atoms. The number of nitrogens with two attached hydrogens (primary N) is 2. The van der Waals surface area contributed by atoms with Crippen LogP contribution in [-0.2, 0) is 0 Å². The van der Waals surface area contributed by atoms with Crippen LogP contribution in [0, 0.1) is 0 Å². The molecule has 1 aliphatic carbocycles. The number of aliphatic imine (C=N–C) groups is 2. The Morgan fingerprint density at radius 3 is 2.45 bits per heavy atom. The monoisotopic (exact) mass is 462 g/mol. The van der Waals surface area contributed by atoms with Gasteiger partial charge in [-0.1, -0.05) is 30.2 Å². The van der Waals surface area contributed by atoms with Crippen LogP contribution in [0.25, 0.3) is 22.2 Å². The van der Waals surface area contributed by atoms with Crippen LogP contribution in [0.4, 0.5) is 5.69 Å². The number of pyridine rings is 1. The van der Waals surface area contributed by atoms with Gasteiger partial charge in [-0.2, -0.15) is 4.99 Å². The van der Waals surface area contributed by atoms with E-state index in [2.05, 4.69) is 9.98 Å². The minimum absolute atomic E-state index is 0.153. The minimum atomic E-state index is -1.03. The number of fused-ring (bicyclic) bond motifs is 1. The van der Waals surface area contributed by atoms with E-state index in [0.29, 0.717) is 27.6 Å². The Kier molecular flexibility index (Phi) is 5.17. The van der Waals surface area contributed by atoms with Crippen molar-refractivity contribution in [1.29, 1.82) is 0 Å². The first-order valence-corrected chi connectivity index (χ1v) is 11.2. The highest BCUT2D eigenvalue weighted by Crippen LogP contribution is 2.40. The summed E-state index contributed by atoms with van der Waals surface area (Å²) in [6.07, 6.45) is 4.94. The van der Waals surface area contributed by atoms with Crippen molar-refractivity contribution in [2.24, 2.45) is 21.5 Å². The molecule has 2 heterocycles. The van der Waals surface area contributed by atoms with E-state index in [9.17, 15) is 9.90 Å². The summed E-state index contributed by atoms with van der Waals surface area (Å²) in [5, 5.41) is 10.7. The number of hydrogen-bond donors (Lipinski definition) is 3. The van der Waals surface area contributed by atoms with Gasteiger partial charge in [0.1, 0.15) is 5.66 Å². The molecule has 0 radical (unpaired) electrons. The van der Waals surface area contributed by atoms with Crippen LogP contribution >= 0.6 is 11.6 Å². The third-order valence-electron chi connectivity index (χ3n) is 6.27. The molecule has 3 aromatic rings. The van der Waals surface area contributed by atoms with Gasteiger partial charge in [-0.15, -0.1) is 0 Å². The highest BCUT2D eigenvalue weighted by Gasteiger charge is 2.42. The molecule has 1 aromatic heterocycles. The minimum Gasteiger partial charge on any atom is -0.478 e. The molecule has 0 unspecified atom stereocenters. The fourth-order valence-corrected chi connectivity index (χ4v) is 4.97. The molecule has 2 aromatic carbocycles. The molecule has 0 atom stereocenters. The molecule has 1 spiro atoms. The third kappa shape index (κ3) is 3.76. The summed E-state index contributed by atoms with van der Waals surface area (Å²) in [5.74, 6) is -0.496. The van der Waals surface area contributed by atoms with Crippen molar-refractivity contribution in [3.8, 4) is 11.3 Å². The van der Waals surface area contributed by atoms with Gasteiger partial charge in [-0.05, 0) is 62.1 Å². The van der Waals surface area contributed by atoms with Crippen molar-refractivity contribution in [3.63, 3.8) is 0 Å². The second kappa shape index (κ2) is 8.04. The molecule has 8 nitrogen and oxygen atoms in total. The Morgan fingerprint density at radius 1 is 1.03 bits per heavy atom. The highest BCUT2D eigenvalue weighted by molar-refractivity contribution is 6.31. The average Bonchev–Trinajstić information content (AvgIpc) is 2.78. The number of aromatic nitrogens is 1. The van der Waals surface area contributed by atoms with E-state index < -0.39 is 11.6 Å². The zero-order valence-electron chi connectivity index (χ0n) is 17.8. The van der Waals surface area contributed by atoms with E-state index in [-0.39, 0.29) is 11.5 Å². The van der Waals surface area contributed by atoms with Crippen LogP contribution in [0.5, 0.6) is 0 Å². The third-order valence-corrected chi connectivity index (χ3v) is 6.51. The van der Waals surface area contributed by atoms with Crippen LogP contribution in [0.15, 0.2) is 58.5 Å². The van der Waals surface area contributed by atoms with Crippen molar-refractivity contribution < 1.29 is 9.90 Å². The van der Waals surface area contributed by atoms with E-state index in [4.69, 9.17) is 28.1 Å². The van der Waals surface area contributed by atoms with Crippen molar-refractivity contribution in [3.05, 3.63) is 59.1 Å².